The molecule has 0 fully saturated rings. The van der Waals surface area contributed by atoms with Crippen LogP contribution < -0.4 is 5.32 Å². The standard InChI is InChI=1S/C10H11ClFNO3S/c1-6(2)13-10(14)8-5-7(17(11,15)16)3-4-9(8)12/h3-6H,1-2H3,(H,13,14). The molecule has 1 rings (SSSR count). The first-order valence-corrected chi connectivity index (χ1v) is 7.08. The van der Waals surface area contributed by atoms with Crippen LogP contribution in [0.2, 0.25) is 0 Å². The van der Waals surface area contributed by atoms with E-state index in [2.05, 4.69) is 5.32 Å². The van der Waals surface area contributed by atoms with Crippen LogP contribution in [0.25, 0.3) is 0 Å². The van der Waals surface area contributed by atoms with Crippen LogP contribution in [0.5, 0.6) is 0 Å². The lowest BCUT2D eigenvalue weighted by atomic mass is 10.2. The molecular weight excluding hydrogens is 269 g/mol. The quantitative estimate of drug-likeness (QED) is 0.860. The molecule has 0 aliphatic carbocycles. The van der Waals surface area contributed by atoms with Crippen LogP contribution in [0.4, 0.5) is 4.39 Å². The Bertz CT molecular complexity index is 542. The molecule has 4 nitrogen and oxygen atoms in total. The van der Waals surface area contributed by atoms with Gasteiger partial charge in [0.05, 0.1) is 10.5 Å². The van der Waals surface area contributed by atoms with E-state index in [1.807, 2.05) is 0 Å². The number of halogens is 2. The highest BCUT2D eigenvalue weighted by molar-refractivity contribution is 8.13. The van der Waals surface area contributed by atoms with E-state index in [-0.39, 0.29) is 16.5 Å². The molecule has 0 unspecified atom stereocenters. The van der Waals surface area contributed by atoms with Crippen molar-refractivity contribution in [1.82, 2.24) is 5.32 Å². The van der Waals surface area contributed by atoms with Gasteiger partial charge in [0.1, 0.15) is 5.82 Å². The van der Waals surface area contributed by atoms with Crippen molar-refractivity contribution in [2.45, 2.75) is 24.8 Å². The van der Waals surface area contributed by atoms with E-state index in [0.29, 0.717) is 0 Å². The summed E-state index contributed by atoms with van der Waals surface area (Å²) >= 11 is 0. The molecule has 17 heavy (non-hydrogen) atoms. The molecule has 0 aromatic heterocycles. The predicted octanol–water partition coefficient (Wildman–Crippen LogP) is 1.89. The maximum absolute atomic E-state index is 13.4. The van der Waals surface area contributed by atoms with E-state index in [0.717, 1.165) is 18.2 Å². The number of nitrogens with one attached hydrogen (secondary N) is 1. The lowest BCUT2D eigenvalue weighted by molar-refractivity contribution is 0.0939. The molecule has 94 valence electrons. The molecule has 0 spiro atoms. The van der Waals surface area contributed by atoms with E-state index in [4.69, 9.17) is 10.7 Å². The summed E-state index contributed by atoms with van der Waals surface area (Å²) in [6, 6.07) is 2.63. The van der Waals surface area contributed by atoms with Crippen LogP contribution in [-0.4, -0.2) is 20.4 Å². The zero-order valence-electron chi connectivity index (χ0n) is 9.20. The highest BCUT2D eigenvalue weighted by atomic mass is 35.7. The second-order valence-electron chi connectivity index (χ2n) is 3.71. The number of rotatable bonds is 3. The van der Waals surface area contributed by atoms with Crippen molar-refractivity contribution in [2.75, 3.05) is 0 Å². The Hall–Kier alpha value is -1.14. The molecule has 0 bridgehead atoms. The first kappa shape index (κ1) is 13.9. The van der Waals surface area contributed by atoms with Crippen molar-refractivity contribution in [3.63, 3.8) is 0 Å². The molecular formula is C10H11ClFNO3S. The van der Waals surface area contributed by atoms with Gasteiger partial charge in [-0.25, -0.2) is 12.8 Å². The second kappa shape index (κ2) is 5.01. The predicted molar refractivity (Wildman–Crippen MR) is 62.0 cm³/mol. The van der Waals surface area contributed by atoms with Gasteiger partial charge in [-0.05, 0) is 32.0 Å². The summed E-state index contributed by atoms with van der Waals surface area (Å²) in [6.45, 7) is 3.41. The largest absolute Gasteiger partial charge is 0.350 e. The number of carbonyl (C=O) groups excluding carboxylic acids is 1. The fraction of sp³-hybridized carbons (Fsp3) is 0.300. The highest BCUT2D eigenvalue weighted by Gasteiger charge is 2.17. The van der Waals surface area contributed by atoms with Gasteiger partial charge in [-0.1, -0.05) is 0 Å². The summed E-state index contributed by atoms with van der Waals surface area (Å²) in [5, 5.41) is 2.46. The Kier molecular flexibility index (Phi) is 4.11. The summed E-state index contributed by atoms with van der Waals surface area (Å²) in [6.07, 6.45) is 0. The maximum Gasteiger partial charge on any atom is 0.261 e. The monoisotopic (exact) mass is 279 g/mol. The molecule has 0 saturated carbocycles. The number of hydrogen-bond acceptors (Lipinski definition) is 3. The van der Waals surface area contributed by atoms with E-state index in [1.54, 1.807) is 13.8 Å². The Labute approximate surface area is 103 Å². The molecule has 7 heteroatoms. The summed E-state index contributed by atoms with van der Waals surface area (Å²) < 4.78 is 35.5. The smallest absolute Gasteiger partial charge is 0.261 e. The molecule has 0 saturated heterocycles. The molecule has 0 aliphatic rings. The van der Waals surface area contributed by atoms with E-state index in [1.165, 1.54) is 0 Å². The number of hydrogen-bond donors (Lipinski definition) is 1. The molecule has 1 aromatic carbocycles. The van der Waals surface area contributed by atoms with Crippen LogP contribution in [0, 0.1) is 5.82 Å². The zero-order chi connectivity index (χ0) is 13.2. The average molecular weight is 280 g/mol. The topological polar surface area (TPSA) is 63.2 Å². The SMILES string of the molecule is CC(C)NC(=O)c1cc(S(=O)(=O)Cl)ccc1F. The minimum atomic E-state index is -3.98. The summed E-state index contributed by atoms with van der Waals surface area (Å²) in [7, 11) is 1.13. The normalized spacial score (nSPS) is 11.6. The molecule has 1 aromatic rings. The van der Waals surface area contributed by atoms with Gasteiger partial charge in [-0.2, -0.15) is 0 Å². The highest BCUT2D eigenvalue weighted by Crippen LogP contribution is 2.18. The number of amides is 1. The van der Waals surface area contributed by atoms with Crippen molar-refractivity contribution in [2.24, 2.45) is 0 Å². The van der Waals surface area contributed by atoms with Crippen molar-refractivity contribution < 1.29 is 17.6 Å². The van der Waals surface area contributed by atoms with Gasteiger partial charge in [0.25, 0.3) is 15.0 Å². The van der Waals surface area contributed by atoms with Crippen LogP contribution >= 0.6 is 10.7 Å². The van der Waals surface area contributed by atoms with Crippen LogP contribution in [0.3, 0.4) is 0 Å². The van der Waals surface area contributed by atoms with Gasteiger partial charge >= 0.3 is 0 Å². The fourth-order valence-electron chi connectivity index (χ4n) is 1.17. The summed E-state index contributed by atoms with van der Waals surface area (Å²) in [5.74, 6) is -1.48. The van der Waals surface area contributed by atoms with Crippen molar-refractivity contribution in [1.29, 1.82) is 0 Å². The summed E-state index contributed by atoms with van der Waals surface area (Å²) in [5.41, 5.74) is -0.347. The third-order valence-electron chi connectivity index (χ3n) is 1.88. The van der Waals surface area contributed by atoms with Crippen molar-refractivity contribution >= 4 is 25.6 Å². The van der Waals surface area contributed by atoms with Gasteiger partial charge in [0.15, 0.2) is 0 Å². The summed E-state index contributed by atoms with van der Waals surface area (Å²) in [4.78, 5) is 11.3. The molecule has 1 N–H and O–H groups in total. The van der Waals surface area contributed by atoms with E-state index in [9.17, 15) is 17.6 Å². The van der Waals surface area contributed by atoms with Gasteiger partial charge in [-0.15, -0.1) is 0 Å². The first-order valence-electron chi connectivity index (χ1n) is 4.77. The molecule has 0 atom stereocenters. The van der Waals surface area contributed by atoms with E-state index < -0.39 is 20.8 Å². The third-order valence-corrected chi connectivity index (χ3v) is 3.24. The van der Waals surface area contributed by atoms with Crippen LogP contribution in [0.15, 0.2) is 23.1 Å². The Morgan fingerprint density at radius 1 is 1.41 bits per heavy atom. The van der Waals surface area contributed by atoms with Gasteiger partial charge in [0, 0.05) is 16.7 Å². The van der Waals surface area contributed by atoms with Gasteiger partial charge in [-0.3, -0.25) is 4.79 Å². The number of benzene rings is 1. The minimum absolute atomic E-state index is 0.182. The maximum atomic E-state index is 13.4. The molecule has 0 heterocycles. The lowest BCUT2D eigenvalue weighted by Crippen LogP contribution is -2.30. The molecule has 0 aliphatic heterocycles. The third kappa shape index (κ3) is 3.67. The van der Waals surface area contributed by atoms with Gasteiger partial charge in [0.2, 0.25) is 0 Å². The van der Waals surface area contributed by atoms with Crippen molar-refractivity contribution in [3.05, 3.63) is 29.6 Å². The molecule has 0 radical (unpaired) electrons. The van der Waals surface area contributed by atoms with Gasteiger partial charge < -0.3 is 5.32 Å². The number of carbonyl (C=O) groups is 1. The van der Waals surface area contributed by atoms with Crippen LogP contribution in [0.1, 0.15) is 24.2 Å². The average Bonchev–Trinajstić information content (AvgIpc) is 2.15. The van der Waals surface area contributed by atoms with Crippen molar-refractivity contribution in [3.8, 4) is 0 Å². The Morgan fingerprint density at radius 3 is 2.47 bits per heavy atom. The zero-order valence-corrected chi connectivity index (χ0v) is 10.8. The Balaban J connectivity index is 3.20. The Morgan fingerprint density at radius 2 is 2.00 bits per heavy atom. The first-order chi connectivity index (χ1) is 7.71. The molecule has 1 amide bonds. The fourth-order valence-corrected chi connectivity index (χ4v) is 1.95. The second-order valence-corrected chi connectivity index (χ2v) is 6.27. The van der Waals surface area contributed by atoms with E-state index >= 15 is 0 Å². The minimum Gasteiger partial charge on any atom is -0.350 e. The van der Waals surface area contributed by atoms with Crippen LogP contribution in [-0.2, 0) is 9.05 Å². The lowest BCUT2D eigenvalue weighted by Gasteiger charge is -2.09.